The lowest BCUT2D eigenvalue weighted by Crippen LogP contribution is -2.29. The van der Waals surface area contributed by atoms with Gasteiger partial charge in [0, 0.05) is 29.4 Å². The molecular weight excluding hydrogens is 408 g/mol. The summed E-state index contributed by atoms with van der Waals surface area (Å²) in [6.45, 7) is 0.732. The van der Waals surface area contributed by atoms with E-state index < -0.39 is 10.0 Å². The van der Waals surface area contributed by atoms with E-state index in [9.17, 15) is 13.2 Å². The highest BCUT2D eigenvalue weighted by atomic mass is 35.5. The quantitative estimate of drug-likeness (QED) is 0.670. The number of anilines is 1. The standard InChI is InChI=1S/C22H19ClN2O3S/c23-19-7-4-8-20(14-19)29(27,28)24-15-16-9-10-17-11-12-25(21(17)13-16)22(26)18-5-2-1-3-6-18/h1-10,13-14,24H,11-12,15H2. The molecule has 7 heteroatoms. The van der Waals surface area contributed by atoms with Crippen molar-refractivity contribution in [1.29, 1.82) is 0 Å². The second kappa shape index (κ2) is 7.99. The molecule has 1 aliphatic heterocycles. The van der Waals surface area contributed by atoms with Gasteiger partial charge in [-0.3, -0.25) is 4.79 Å². The Morgan fingerprint density at radius 2 is 1.79 bits per heavy atom. The van der Waals surface area contributed by atoms with Gasteiger partial charge < -0.3 is 4.90 Å². The van der Waals surface area contributed by atoms with E-state index in [2.05, 4.69) is 4.72 Å². The van der Waals surface area contributed by atoms with Crippen LogP contribution in [0.4, 0.5) is 5.69 Å². The fourth-order valence-corrected chi connectivity index (χ4v) is 4.70. The van der Waals surface area contributed by atoms with Crippen LogP contribution in [0, 0.1) is 0 Å². The molecule has 1 aliphatic rings. The van der Waals surface area contributed by atoms with E-state index in [1.807, 2.05) is 36.4 Å². The number of hydrogen-bond acceptors (Lipinski definition) is 3. The van der Waals surface area contributed by atoms with Crippen molar-refractivity contribution in [3.05, 3.63) is 94.5 Å². The number of carbonyl (C=O) groups excluding carboxylic acids is 1. The Bertz CT molecular complexity index is 1160. The minimum Gasteiger partial charge on any atom is -0.308 e. The summed E-state index contributed by atoms with van der Waals surface area (Å²) in [5, 5.41) is 0.362. The number of carbonyl (C=O) groups is 1. The zero-order valence-corrected chi connectivity index (χ0v) is 17.1. The Morgan fingerprint density at radius 3 is 2.55 bits per heavy atom. The van der Waals surface area contributed by atoms with Crippen LogP contribution < -0.4 is 9.62 Å². The summed E-state index contributed by atoms with van der Waals surface area (Å²) in [6.07, 6.45) is 0.780. The summed E-state index contributed by atoms with van der Waals surface area (Å²) < 4.78 is 27.6. The van der Waals surface area contributed by atoms with Crippen LogP contribution in [0.3, 0.4) is 0 Å². The molecule has 0 saturated heterocycles. The second-order valence-corrected chi connectivity index (χ2v) is 9.02. The number of benzene rings is 3. The number of nitrogens with zero attached hydrogens (tertiary/aromatic N) is 1. The van der Waals surface area contributed by atoms with E-state index in [-0.39, 0.29) is 17.3 Å². The maximum Gasteiger partial charge on any atom is 0.258 e. The van der Waals surface area contributed by atoms with Gasteiger partial charge in [0.1, 0.15) is 0 Å². The van der Waals surface area contributed by atoms with Gasteiger partial charge in [-0.05, 0) is 53.9 Å². The Labute approximate surface area is 175 Å². The number of halogens is 1. The van der Waals surface area contributed by atoms with Crippen LogP contribution in [0.5, 0.6) is 0 Å². The van der Waals surface area contributed by atoms with Crippen LogP contribution in [0.15, 0.2) is 77.7 Å². The second-order valence-electron chi connectivity index (χ2n) is 6.82. The van der Waals surface area contributed by atoms with E-state index in [0.29, 0.717) is 17.1 Å². The topological polar surface area (TPSA) is 66.5 Å². The van der Waals surface area contributed by atoms with Gasteiger partial charge in [0.25, 0.3) is 5.91 Å². The zero-order chi connectivity index (χ0) is 20.4. The number of sulfonamides is 1. The molecule has 5 nitrogen and oxygen atoms in total. The molecule has 4 rings (SSSR count). The average Bonchev–Trinajstić information content (AvgIpc) is 3.16. The molecule has 1 heterocycles. The fraction of sp³-hybridized carbons (Fsp3) is 0.136. The molecule has 0 saturated carbocycles. The third-order valence-corrected chi connectivity index (χ3v) is 6.52. The van der Waals surface area contributed by atoms with Gasteiger partial charge in [0.15, 0.2) is 0 Å². The molecule has 3 aromatic rings. The van der Waals surface area contributed by atoms with Crippen molar-refractivity contribution in [3.8, 4) is 0 Å². The van der Waals surface area contributed by atoms with E-state index >= 15 is 0 Å². The van der Waals surface area contributed by atoms with Gasteiger partial charge in [-0.25, -0.2) is 13.1 Å². The monoisotopic (exact) mass is 426 g/mol. The molecule has 1 N–H and O–H groups in total. The van der Waals surface area contributed by atoms with Crippen molar-refractivity contribution < 1.29 is 13.2 Å². The van der Waals surface area contributed by atoms with Gasteiger partial charge >= 0.3 is 0 Å². The number of nitrogens with one attached hydrogen (secondary N) is 1. The third kappa shape index (κ3) is 4.19. The minimum atomic E-state index is -3.68. The number of hydrogen-bond donors (Lipinski definition) is 1. The molecule has 148 valence electrons. The smallest absolute Gasteiger partial charge is 0.258 e. The summed E-state index contributed by atoms with van der Waals surface area (Å²) in [5.74, 6) is -0.0546. The van der Waals surface area contributed by atoms with Crippen molar-refractivity contribution in [3.63, 3.8) is 0 Å². The van der Waals surface area contributed by atoms with Gasteiger partial charge in [-0.1, -0.05) is 48.0 Å². The van der Waals surface area contributed by atoms with Crippen LogP contribution in [0.25, 0.3) is 0 Å². The molecule has 3 aromatic carbocycles. The summed E-state index contributed by atoms with van der Waals surface area (Å²) in [5.41, 5.74) is 3.32. The molecule has 0 fully saturated rings. The molecule has 0 bridgehead atoms. The predicted molar refractivity (Wildman–Crippen MR) is 114 cm³/mol. The summed E-state index contributed by atoms with van der Waals surface area (Å²) in [6, 6.07) is 21.0. The first kappa shape index (κ1) is 19.6. The minimum absolute atomic E-state index is 0.0546. The van der Waals surface area contributed by atoms with E-state index in [1.165, 1.54) is 12.1 Å². The Kier molecular flexibility index (Phi) is 5.41. The number of rotatable bonds is 5. The molecular formula is C22H19ClN2O3S. The van der Waals surface area contributed by atoms with Crippen LogP contribution >= 0.6 is 11.6 Å². The molecule has 0 atom stereocenters. The Hall–Kier alpha value is -2.67. The third-order valence-electron chi connectivity index (χ3n) is 4.88. The first-order valence-corrected chi connectivity index (χ1v) is 11.0. The lowest BCUT2D eigenvalue weighted by atomic mass is 10.1. The SMILES string of the molecule is O=C(c1ccccc1)N1CCc2ccc(CNS(=O)(=O)c3cccc(Cl)c3)cc21. The summed E-state index contributed by atoms with van der Waals surface area (Å²) in [7, 11) is -3.68. The first-order chi connectivity index (χ1) is 13.9. The largest absolute Gasteiger partial charge is 0.308 e. The van der Waals surface area contributed by atoms with Gasteiger partial charge in [0.05, 0.1) is 4.90 Å². The summed E-state index contributed by atoms with van der Waals surface area (Å²) >= 11 is 5.90. The predicted octanol–water partition coefficient (Wildman–Crippen LogP) is 4.02. The highest BCUT2D eigenvalue weighted by Crippen LogP contribution is 2.30. The van der Waals surface area contributed by atoms with E-state index in [0.717, 1.165) is 23.2 Å². The highest BCUT2D eigenvalue weighted by Gasteiger charge is 2.26. The van der Waals surface area contributed by atoms with Gasteiger partial charge in [0.2, 0.25) is 10.0 Å². The van der Waals surface area contributed by atoms with Gasteiger partial charge in [-0.15, -0.1) is 0 Å². The van der Waals surface area contributed by atoms with Crippen LogP contribution in [0.2, 0.25) is 5.02 Å². The van der Waals surface area contributed by atoms with Crippen LogP contribution in [-0.4, -0.2) is 20.9 Å². The van der Waals surface area contributed by atoms with E-state index in [4.69, 9.17) is 11.6 Å². The van der Waals surface area contributed by atoms with Crippen molar-refractivity contribution in [2.45, 2.75) is 17.9 Å². The molecule has 0 radical (unpaired) electrons. The zero-order valence-electron chi connectivity index (χ0n) is 15.5. The maximum absolute atomic E-state index is 12.9. The molecule has 0 spiro atoms. The lowest BCUT2D eigenvalue weighted by molar-refractivity contribution is 0.0989. The molecule has 0 aromatic heterocycles. The number of fused-ring (bicyclic) bond motifs is 1. The Morgan fingerprint density at radius 1 is 1.00 bits per heavy atom. The highest BCUT2D eigenvalue weighted by molar-refractivity contribution is 7.89. The normalized spacial score (nSPS) is 13.3. The van der Waals surface area contributed by atoms with Crippen LogP contribution in [0.1, 0.15) is 21.5 Å². The summed E-state index contributed by atoms with van der Waals surface area (Å²) in [4.78, 5) is 14.7. The molecule has 29 heavy (non-hydrogen) atoms. The molecule has 0 aliphatic carbocycles. The fourth-order valence-electron chi connectivity index (χ4n) is 3.38. The molecule has 0 unspecified atom stereocenters. The van der Waals surface area contributed by atoms with Crippen molar-refractivity contribution >= 4 is 33.2 Å². The van der Waals surface area contributed by atoms with Crippen molar-refractivity contribution in [2.24, 2.45) is 0 Å². The van der Waals surface area contributed by atoms with Crippen molar-refractivity contribution in [2.75, 3.05) is 11.4 Å². The van der Waals surface area contributed by atoms with Gasteiger partial charge in [-0.2, -0.15) is 0 Å². The first-order valence-electron chi connectivity index (χ1n) is 9.18. The molecule has 1 amide bonds. The van der Waals surface area contributed by atoms with E-state index in [1.54, 1.807) is 29.2 Å². The maximum atomic E-state index is 12.9. The average molecular weight is 427 g/mol. The van der Waals surface area contributed by atoms with Crippen molar-refractivity contribution in [1.82, 2.24) is 4.72 Å². The Balaban J connectivity index is 1.53. The number of amides is 1. The van der Waals surface area contributed by atoms with Crippen LogP contribution in [-0.2, 0) is 23.0 Å². The lowest BCUT2D eigenvalue weighted by Gasteiger charge is -2.18.